The zero-order valence-electron chi connectivity index (χ0n) is 9.02. The largest absolute Gasteiger partial charge is 0.337 e. The van der Waals surface area contributed by atoms with Gasteiger partial charge in [-0.1, -0.05) is 30.3 Å². The summed E-state index contributed by atoms with van der Waals surface area (Å²) in [6.45, 7) is 1.07. The summed E-state index contributed by atoms with van der Waals surface area (Å²) in [4.78, 5) is 13.0. The van der Waals surface area contributed by atoms with Crippen LogP contribution in [0.1, 0.15) is 5.56 Å². The second kappa shape index (κ2) is 5.47. The molecule has 1 heterocycles. The molecule has 5 heteroatoms. The molecule has 0 N–H and O–H groups in total. The predicted octanol–water partition coefficient (Wildman–Crippen LogP) is 3.06. The molecular weight excluding hydrogens is 280 g/mol. The molecule has 0 spiro atoms. The fourth-order valence-corrected chi connectivity index (χ4v) is 2.91. The Morgan fingerprint density at radius 1 is 1.29 bits per heavy atom. The maximum Gasteiger partial charge on any atom is 0.241 e. The van der Waals surface area contributed by atoms with Crippen LogP contribution in [0.15, 0.2) is 30.3 Å². The van der Waals surface area contributed by atoms with Crippen LogP contribution >= 0.6 is 34.8 Å². The first-order valence-electron chi connectivity index (χ1n) is 5.34. The molecule has 1 aliphatic heterocycles. The number of benzene rings is 1. The molecule has 1 fully saturated rings. The van der Waals surface area contributed by atoms with Crippen LogP contribution in [0.2, 0.25) is 0 Å². The van der Waals surface area contributed by atoms with Crippen LogP contribution in [0.3, 0.4) is 0 Å². The van der Waals surface area contributed by atoms with Gasteiger partial charge >= 0.3 is 0 Å². The minimum absolute atomic E-state index is 0.0909. The molecule has 1 aromatic carbocycles. The van der Waals surface area contributed by atoms with Crippen LogP contribution in [0, 0.1) is 5.92 Å². The van der Waals surface area contributed by atoms with Crippen molar-refractivity contribution in [2.45, 2.75) is 16.8 Å². The molecule has 0 bridgehead atoms. The van der Waals surface area contributed by atoms with Crippen molar-refractivity contribution in [2.24, 2.45) is 5.92 Å². The summed E-state index contributed by atoms with van der Waals surface area (Å²) in [7, 11) is 0. The monoisotopic (exact) mass is 291 g/mol. The molecule has 0 radical (unpaired) electrons. The Balaban J connectivity index is 2.06. The van der Waals surface area contributed by atoms with Crippen molar-refractivity contribution in [3.05, 3.63) is 35.9 Å². The average molecular weight is 293 g/mol. The van der Waals surface area contributed by atoms with Crippen LogP contribution in [-0.4, -0.2) is 27.6 Å². The molecule has 2 atom stereocenters. The van der Waals surface area contributed by atoms with Gasteiger partial charge in [0.25, 0.3) is 0 Å². The highest BCUT2D eigenvalue weighted by Gasteiger charge is 2.42. The number of alkyl halides is 3. The lowest BCUT2D eigenvalue weighted by Crippen LogP contribution is -2.26. The van der Waals surface area contributed by atoms with Crippen molar-refractivity contribution in [1.29, 1.82) is 0 Å². The molecule has 2 unspecified atom stereocenters. The first-order chi connectivity index (χ1) is 8.09. The number of halogens is 3. The quantitative estimate of drug-likeness (QED) is 0.784. The fraction of sp³-hybridized carbons (Fsp3) is 0.417. The van der Waals surface area contributed by atoms with Crippen LogP contribution in [-0.2, 0) is 11.3 Å². The summed E-state index contributed by atoms with van der Waals surface area (Å²) >= 11 is 17.7. The molecular formula is C12H12Cl3NO. The molecule has 92 valence electrons. The van der Waals surface area contributed by atoms with E-state index < -0.39 is 10.2 Å². The van der Waals surface area contributed by atoms with Crippen LogP contribution < -0.4 is 0 Å². The Hall–Kier alpha value is -0.440. The van der Waals surface area contributed by atoms with E-state index in [9.17, 15) is 4.79 Å². The normalized spacial score (nSPS) is 24.7. The SMILES string of the molecule is O=C1C(Cl)C(C(Cl)Cl)CN1Cc1ccccc1. The molecule has 1 amide bonds. The summed E-state index contributed by atoms with van der Waals surface area (Å²) in [5.41, 5.74) is 1.08. The van der Waals surface area contributed by atoms with Gasteiger partial charge in [0.1, 0.15) is 10.2 Å². The number of nitrogens with zero attached hydrogens (tertiary/aromatic N) is 1. The van der Waals surface area contributed by atoms with Gasteiger partial charge in [-0.05, 0) is 5.56 Å². The Morgan fingerprint density at radius 3 is 2.47 bits per heavy atom. The van der Waals surface area contributed by atoms with Gasteiger partial charge in [-0.2, -0.15) is 0 Å². The topological polar surface area (TPSA) is 20.3 Å². The molecule has 2 rings (SSSR count). The van der Waals surface area contributed by atoms with E-state index in [-0.39, 0.29) is 11.8 Å². The van der Waals surface area contributed by atoms with Crippen molar-refractivity contribution >= 4 is 40.7 Å². The number of carbonyl (C=O) groups excluding carboxylic acids is 1. The van der Waals surface area contributed by atoms with Gasteiger partial charge in [0.05, 0.1) is 0 Å². The third kappa shape index (κ3) is 2.87. The number of rotatable bonds is 3. The van der Waals surface area contributed by atoms with E-state index in [1.54, 1.807) is 4.90 Å². The van der Waals surface area contributed by atoms with E-state index >= 15 is 0 Å². The zero-order valence-corrected chi connectivity index (χ0v) is 11.3. The van der Waals surface area contributed by atoms with Gasteiger partial charge in [0, 0.05) is 19.0 Å². The van der Waals surface area contributed by atoms with Gasteiger partial charge in [-0.3, -0.25) is 4.79 Å². The number of hydrogen-bond acceptors (Lipinski definition) is 1. The smallest absolute Gasteiger partial charge is 0.241 e. The molecule has 17 heavy (non-hydrogen) atoms. The van der Waals surface area contributed by atoms with E-state index in [2.05, 4.69) is 0 Å². The summed E-state index contributed by atoms with van der Waals surface area (Å²) < 4.78 is 0. The molecule has 0 aromatic heterocycles. The number of likely N-dealkylation sites (tertiary alicyclic amines) is 1. The second-order valence-electron chi connectivity index (χ2n) is 4.10. The molecule has 0 saturated carbocycles. The lowest BCUT2D eigenvalue weighted by Gasteiger charge is -2.16. The van der Waals surface area contributed by atoms with Crippen molar-refractivity contribution in [3.8, 4) is 0 Å². The zero-order chi connectivity index (χ0) is 12.4. The molecule has 0 aliphatic carbocycles. The van der Waals surface area contributed by atoms with E-state index in [0.717, 1.165) is 5.56 Å². The van der Waals surface area contributed by atoms with E-state index in [0.29, 0.717) is 13.1 Å². The minimum Gasteiger partial charge on any atom is -0.337 e. The third-order valence-corrected chi connectivity index (χ3v) is 4.05. The van der Waals surface area contributed by atoms with Crippen molar-refractivity contribution in [3.63, 3.8) is 0 Å². The van der Waals surface area contributed by atoms with Gasteiger partial charge < -0.3 is 4.90 Å². The van der Waals surface area contributed by atoms with Crippen molar-refractivity contribution in [1.82, 2.24) is 4.90 Å². The standard InChI is InChI=1S/C12H12Cl3NO/c13-10-9(11(14)15)7-16(12(10)17)6-8-4-2-1-3-5-8/h1-5,9-11H,6-7H2. The molecule has 1 aliphatic rings. The van der Waals surface area contributed by atoms with Gasteiger partial charge in [0.15, 0.2) is 0 Å². The summed E-state index contributed by atoms with van der Waals surface area (Å²) in [6.07, 6.45) is 0. The maximum absolute atomic E-state index is 11.9. The third-order valence-electron chi connectivity index (χ3n) is 2.89. The fourth-order valence-electron chi connectivity index (χ4n) is 1.95. The molecule has 1 aromatic rings. The first-order valence-corrected chi connectivity index (χ1v) is 6.65. The van der Waals surface area contributed by atoms with Crippen molar-refractivity contribution in [2.75, 3.05) is 6.54 Å². The second-order valence-corrected chi connectivity index (χ2v) is 5.74. The highest BCUT2D eigenvalue weighted by Crippen LogP contribution is 2.31. The predicted molar refractivity (Wildman–Crippen MR) is 70.5 cm³/mol. The molecule has 2 nitrogen and oxygen atoms in total. The Labute approximate surface area is 115 Å². The summed E-state index contributed by atoms with van der Waals surface area (Å²) in [5.74, 6) is -0.289. The minimum atomic E-state index is -0.612. The van der Waals surface area contributed by atoms with Crippen molar-refractivity contribution < 1.29 is 4.79 Å². The lowest BCUT2D eigenvalue weighted by atomic mass is 10.1. The first kappa shape index (κ1) is 13.0. The average Bonchev–Trinajstić information content (AvgIpc) is 2.59. The van der Waals surface area contributed by atoms with Crippen LogP contribution in [0.4, 0.5) is 0 Å². The van der Waals surface area contributed by atoms with Crippen LogP contribution in [0.25, 0.3) is 0 Å². The Bertz CT molecular complexity index is 396. The van der Waals surface area contributed by atoms with Gasteiger partial charge in [-0.25, -0.2) is 0 Å². The van der Waals surface area contributed by atoms with E-state index in [4.69, 9.17) is 34.8 Å². The summed E-state index contributed by atoms with van der Waals surface area (Å²) in [6, 6.07) is 9.77. The highest BCUT2D eigenvalue weighted by molar-refractivity contribution is 6.45. The number of carbonyl (C=O) groups is 1. The number of amides is 1. The van der Waals surface area contributed by atoms with Gasteiger partial charge in [0.2, 0.25) is 5.91 Å². The molecule has 1 saturated heterocycles. The van der Waals surface area contributed by atoms with Gasteiger partial charge in [-0.15, -0.1) is 34.8 Å². The summed E-state index contributed by atoms with van der Waals surface area (Å²) in [5, 5.41) is -0.612. The lowest BCUT2D eigenvalue weighted by molar-refractivity contribution is -0.127. The Morgan fingerprint density at radius 2 is 1.94 bits per heavy atom. The maximum atomic E-state index is 11.9. The van der Waals surface area contributed by atoms with Crippen LogP contribution in [0.5, 0.6) is 0 Å². The highest BCUT2D eigenvalue weighted by atomic mass is 35.5. The van der Waals surface area contributed by atoms with E-state index in [1.807, 2.05) is 30.3 Å². The Kier molecular flexibility index (Phi) is 4.18. The van der Waals surface area contributed by atoms with E-state index in [1.165, 1.54) is 0 Å². The number of hydrogen-bond donors (Lipinski definition) is 0.